The zero-order valence-electron chi connectivity index (χ0n) is 10.7. The van der Waals surface area contributed by atoms with Gasteiger partial charge in [-0.25, -0.2) is 22.3 Å². The largest absolute Gasteiger partial charge is 0.464 e. The summed E-state index contributed by atoms with van der Waals surface area (Å²) in [5, 5.41) is 3.71. The molecular formula is C12H11FN2O4S. The molecule has 0 aliphatic heterocycles. The number of carbonyl (C=O) groups excluding carboxylic acids is 1. The lowest BCUT2D eigenvalue weighted by molar-refractivity contribution is 0.0593. The second-order valence-electron chi connectivity index (χ2n) is 4.02. The molecule has 2 rings (SSSR count). The summed E-state index contributed by atoms with van der Waals surface area (Å²) < 4.78 is 41.9. The number of aromatic nitrogens is 2. The number of halogens is 1. The first-order valence-electron chi connectivity index (χ1n) is 5.47. The van der Waals surface area contributed by atoms with Crippen molar-refractivity contribution in [2.75, 3.05) is 13.4 Å². The van der Waals surface area contributed by atoms with E-state index in [0.29, 0.717) is 5.69 Å². The first-order chi connectivity index (χ1) is 9.32. The van der Waals surface area contributed by atoms with Crippen LogP contribution in [0.25, 0.3) is 5.69 Å². The van der Waals surface area contributed by atoms with Crippen LogP contribution in [0.2, 0.25) is 0 Å². The van der Waals surface area contributed by atoms with Gasteiger partial charge in [-0.05, 0) is 24.3 Å². The topological polar surface area (TPSA) is 78.3 Å². The molecule has 0 atom stereocenters. The van der Waals surface area contributed by atoms with Crippen molar-refractivity contribution in [3.8, 4) is 5.69 Å². The molecule has 0 radical (unpaired) electrons. The average molecular weight is 298 g/mol. The summed E-state index contributed by atoms with van der Waals surface area (Å²) in [7, 11) is -2.45. The summed E-state index contributed by atoms with van der Waals surface area (Å²) in [5.74, 6) is -1.22. The van der Waals surface area contributed by atoms with Gasteiger partial charge in [0, 0.05) is 12.3 Å². The fourth-order valence-corrected chi connectivity index (χ4v) is 2.39. The zero-order chi connectivity index (χ0) is 14.9. The van der Waals surface area contributed by atoms with E-state index in [2.05, 4.69) is 9.84 Å². The third-order valence-corrected chi connectivity index (χ3v) is 3.57. The molecule has 20 heavy (non-hydrogen) atoms. The monoisotopic (exact) mass is 298 g/mol. The number of carbonyl (C=O) groups is 1. The Morgan fingerprint density at radius 3 is 2.40 bits per heavy atom. The van der Waals surface area contributed by atoms with E-state index in [0.717, 1.165) is 17.0 Å². The molecule has 0 amide bonds. The number of sulfone groups is 1. The predicted molar refractivity (Wildman–Crippen MR) is 68.0 cm³/mol. The van der Waals surface area contributed by atoms with Gasteiger partial charge in [0.15, 0.2) is 20.6 Å². The van der Waals surface area contributed by atoms with Crippen molar-refractivity contribution in [1.82, 2.24) is 9.78 Å². The average Bonchev–Trinajstić information content (AvgIpc) is 2.83. The van der Waals surface area contributed by atoms with Gasteiger partial charge in [0.1, 0.15) is 5.82 Å². The number of benzene rings is 1. The maximum atomic E-state index is 12.9. The third-order valence-electron chi connectivity index (χ3n) is 2.52. The number of ether oxygens (including phenoxy) is 1. The minimum Gasteiger partial charge on any atom is -0.464 e. The van der Waals surface area contributed by atoms with Crippen molar-refractivity contribution in [3.05, 3.63) is 41.8 Å². The van der Waals surface area contributed by atoms with Crippen LogP contribution in [0, 0.1) is 5.82 Å². The molecule has 0 saturated carbocycles. The number of esters is 1. The van der Waals surface area contributed by atoms with E-state index in [-0.39, 0.29) is 10.7 Å². The SMILES string of the molecule is COC(=O)c1cc(S(C)(=O)=O)n(-c2ccc(F)cc2)n1. The van der Waals surface area contributed by atoms with E-state index >= 15 is 0 Å². The summed E-state index contributed by atoms with van der Waals surface area (Å²) in [6.07, 6.45) is 0.991. The highest BCUT2D eigenvalue weighted by Gasteiger charge is 2.22. The maximum Gasteiger partial charge on any atom is 0.358 e. The Labute approximate surface area is 114 Å². The standard InChI is InChI=1S/C12H11FN2O4S/c1-19-12(16)10-7-11(20(2,17)18)15(14-10)9-5-3-8(13)4-6-9/h3-7H,1-2H3. The Kier molecular flexibility index (Phi) is 3.58. The number of nitrogens with zero attached hydrogens (tertiary/aromatic N) is 2. The third kappa shape index (κ3) is 2.69. The Hall–Kier alpha value is -2.22. The lowest BCUT2D eigenvalue weighted by atomic mass is 10.3. The molecule has 2 aromatic rings. The van der Waals surface area contributed by atoms with Gasteiger partial charge in [-0.2, -0.15) is 5.10 Å². The van der Waals surface area contributed by atoms with E-state index in [9.17, 15) is 17.6 Å². The van der Waals surface area contributed by atoms with Crippen LogP contribution in [0.5, 0.6) is 0 Å². The van der Waals surface area contributed by atoms with Crippen LogP contribution in [-0.2, 0) is 14.6 Å². The van der Waals surface area contributed by atoms with Crippen molar-refractivity contribution in [3.63, 3.8) is 0 Å². The molecule has 0 aliphatic rings. The van der Waals surface area contributed by atoms with Crippen LogP contribution >= 0.6 is 0 Å². The molecule has 106 valence electrons. The van der Waals surface area contributed by atoms with Crippen LogP contribution in [-0.4, -0.2) is 37.5 Å². The van der Waals surface area contributed by atoms with E-state index in [4.69, 9.17) is 0 Å². The van der Waals surface area contributed by atoms with E-state index in [1.807, 2.05) is 0 Å². The summed E-state index contributed by atoms with van der Waals surface area (Å²) in [4.78, 5) is 11.4. The van der Waals surface area contributed by atoms with Gasteiger partial charge in [0.05, 0.1) is 12.8 Å². The molecule has 0 spiro atoms. The van der Waals surface area contributed by atoms with Gasteiger partial charge < -0.3 is 4.74 Å². The van der Waals surface area contributed by atoms with Crippen LogP contribution < -0.4 is 0 Å². The Morgan fingerprint density at radius 2 is 1.90 bits per heavy atom. The summed E-state index contributed by atoms with van der Waals surface area (Å²) in [6, 6.07) is 6.17. The highest BCUT2D eigenvalue weighted by atomic mass is 32.2. The zero-order valence-corrected chi connectivity index (χ0v) is 11.5. The van der Waals surface area contributed by atoms with Crippen molar-refractivity contribution in [1.29, 1.82) is 0 Å². The highest BCUT2D eigenvalue weighted by Crippen LogP contribution is 2.18. The van der Waals surface area contributed by atoms with Crippen molar-refractivity contribution in [2.24, 2.45) is 0 Å². The van der Waals surface area contributed by atoms with Crippen LogP contribution in [0.1, 0.15) is 10.5 Å². The maximum absolute atomic E-state index is 12.9. The first-order valence-corrected chi connectivity index (χ1v) is 7.36. The number of rotatable bonds is 3. The summed E-state index contributed by atoms with van der Waals surface area (Å²) >= 11 is 0. The number of hydrogen-bond donors (Lipinski definition) is 0. The summed E-state index contributed by atoms with van der Waals surface area (Å²) in [5.41, 5.74) is 0.180. The second-order valence-corrected chi connectivity index (χ2v) is 5.98. The Balaban J connectivity index is 2.64. The normalized spacial score (nSPS) is 11.3. The highest BCUT2D eigenvalue weighted by molar-refractivity contribution is 7.90. The van der Waals surface area contributed by atoms with Gasteiger partial charge in [-0.15, -0.1) is 0 Å². The van der Waals surface area contributed by atoms with Gasteiger partial charge >= 0.3 is 5.97 Å². The molecule has 0 fully saturated rings. The molecule has 0 unspecified atom stereocenters. The molecule has 0 bridgehead atoms. The molecule has 0 aliphatic carbocycles. The van der Waals surface area contributed by atoms with Gasteiger partial charge in [0.25, 0.3) is 0 Å². The first kappa shape index (κ1) is 14.2. The van der Waals surface area contributed by atoms with E-state index < -0.39 is 21.6 Å². The van der Waals surface area contributed by atoms with Crippen LogP contribution in [0.15, 0.2) is 35.4 Å². The van der Waals surface area contributed by atoms with Crippen molar-refractivity contribution in [2.45, 2.75) is 5.03 Å². The van der Waals surface area contributed by atoms with Gasteiger partial charge in [-0.1, -0.05) is 0 Å². The Bertz CT molecular complexity index is 750. The lowest BCUT2D eigenvalue weighted by Gasteiger charge is -2.05. The van der Waals surface area contributed by atoms with Gasteiger partial charge in [0.2, 0.25) is 0 Å². The van der Waals surface area contributed by atoms with Crippen molar-refractivity contribution >= 4 is 15.8 Å². The van der Waals surface area contributed by atoms with Crippen LogP contribution in [0.4, 0.5) is 4.39 Å². The van der Waals surface area contributed by atoms with Crippen LogP contribution in [0.3, 0.4) is 0 Å². The quantitative estimate of drug-likeness (QED) is 0.796. The fraction of sp³-hybridized carbons (Fsp3) is 0.167. The second kappa shape index (κ2) is 5.04. The lowest BCUT2D eigenvalue weighted by Crippen LogP contribution is -2.08. The summed E-state index contributed by atoms with van der Waals surface area (Å²) in [6.45, 7) is 0. The Morgan fingerprint density at radius 1 is 1.30 bits per heavy atom. The minimum atomic E-state index is -3.61. The molecule has 1 aromatic heterocycles. The number of methoxy groups -OCH3 is 1. The molecule has 8 heteroatoms. The minimum absolute atomic E-state index is 0.141. The molecule has 1 aromatic carbocycles. The molecule has 1 heterocycles. The molecular weight excluding hydrogens is 287 g/mol. The van der Waals surface area contributed by atoms with Gasteiger partial charge in [-0.3, -0.25) is 0 Å². The molecule has 0 N–H and O–H groups in total. The smallest absolute Gasteiger partial charge is 0.358 e. The predicted octanol–water partition coefficient (Wildman–Crippen LogP) is 1.20. The van der Waals surface area contributed by atoms with Crippen molar-refractivity contribution < 1.29 is 22.3 Å². The van der Waals surface area contributed by atoms with E-state index in [1.165, 1.54) is 31.4 Å². The number of hydrogen-bond acceptors (Lipinski definition) is 5. The fourth-order valence-electron chi connectivity index (χ4n) is 1.60. The molecule has 0 saturated heterocycles. The molecule has 6 nitrogen and oxygen atoms in total. The van der Waals surface area contributed by atoms with E-state index in [1.54, 1.807) is 0 Å².